The lowest BCUT2D eigenvalue weighted by molar-refractivity contribution is 0.107. The SMILES string of the molecule is CC(C)(C)NN.CC(C)(C)c1ccc(C(=O)Cl)cc1.Cl.O=C(Cl)c1ccccc1. The first-order chi connectivity index (χ1) is 12.8. The van der Waals surface area contributed by atoms with Crippen LogP contribution in [0.1, 0.15) is 67.8 Å². The minimum absolute atomic E-state index is 0. The summed E-state index contributed by atoms with van der Waals surface area (Å²) >= 11 is 10.5. The monoisotopic (exact) mass is 460 g/mol. The molecule has 0 aliphatic rings. The van der Waals surface area contributed by atoms with Crippen molar-refractivity contribution in [3.8, 4) is 0 Å². The number of benzene rings is 2. The first kappa shape index (κ1) is 29.8. The van der Waals surface area contributed by atoms with E-state index in [0.29, 0.717) is 11.1 Å². The molecule has 0 heterocycles. The molecule has 0 saturated carbocycles. The van der Waals surface area contributed by atoms with E-state index in [0.717, 1.165) is 0 Å². The number of rotatable bonds is 2. The van der Waals surface area contributed by atoms with Crippen molar-refractivity contribution in [2.24, 2.45) is 5.84 Å². The van der Waals surface area contributed by atoms with Gasteiger partial charge in [0, 0.05) is 16.7 Å². The standard InChI is InChI=1S/C11H13ClO.C7H5ClO.C4H12N2.ClH/c1-11(2,3)9-6-4-8(5-7-9)10(12)13;8-7(9)6-4-2-1-3-5-6;1-4(2,3)6-5;/h4-7H,1-3H3;1-5H;6H,5H2,1-3H3;1H. The van der Waals surface area contributed by atoms with E-state index in [1.54, 1.807) is 36.4 Å². The molecule has 0 aromatic heterocycles. The fourth-order valence-corrected chi connectivity index (χ4v) is 1.92. The van der Waals surface area contributed by atoms with Crippen molar-refractivity contribution < 1.29 is 9.59 Å². The minimum Gasteiger partial charge on any atom is -0.276 e. The Morgan fingerprint density at radius 3 is 1.34 bits per heavy atom. The van der Waals surface area contributed by atoms with Crippen LogP contribution < -0.4 is 11.3 Å². The summed E-state index contributed by atoms with van der Waals surface area (Å²) in [5.41, 5.74) is 5.09. The normalized spacial score (nSPS) is 10.4. The second-order valence-corrected chi connectivity index (χ2v) is 8.82. The molecule has 0 atom stereocenters. The van der Waals surface area contributed by atoms with Gasteiger partial charge in [-0.3, -0.25) is 20.9 Å². The number of hydrogen-bond donors (Lipinski definition) is 2. The number of nitrogens with two attached hydrogens (primary N) is 1. The highest BCUT2D eigenvalue weighted by Crippen LogP contribution is 2.22. The molecule has 0 radical (unpaired) electrons. The molecule has 162 valence electrons. The van der Waals surface area contributed by atoms with Crippen LogP contribution in [-0.2, 0) is 5.41 Å². The Kier molecular flexibility index (Phi) is 14.1. The number of halogens is 3. The van der Waals surface area contributed by atoms with Gasteiger partial charge in [-0.1, -0.05) is 63.2 Å². The van der Waals surface area contributed by atoms with Gasteiger partial charge >= 0.3 is 0 Å². The maximum Gasteiger partial charge on any atom is 0.252 e. The Morgan fingerprint density at radius 2 is 1.10 bits per heavy atom. The fraction of sp³-hybridized carbons (Fsp3) is 0.364. The Bertz CT molecular complexity index is 735. The van der Waals surface area contributed by atoms with E-state index in [9.17, 15) is 9.59 Å². The Labute approximate surface area is 190 Å². The molecule has 29 heavy (non-hydrogen) atoms. The smallest absolute Gasteiger partial charge is 0.252 e. The lowest BCUT2D eigenvalue weighted by atomic mass is 9.87. The van der Waals surface area contributed by atoms with Gasteiger partial charge in [-0.05, 0) is 67.1 Å². The molecule has 0 fully saturated rings. The summed E-state index contributed by atoms with van der Waals surface area (Å²) in [6.45, 7) is 12.4. The Morgan fingerprint density at radius 1 is 0.759 bits per heavy atom. The van der Waals surface area contributed by atoms with Crippen molar-refractivity contribution >= 4 is 46.1 Å². The summed E-state index contributed by atoms with van der Waals surface area (Å²) < 4.78 is 0. The van der Waals surface area contributed by atoms with Crippen molar-refractivity contribution in [1.29, 1.82) is 0 Å². The van der Waals surface area contributed by atoms with Crippen LogP contribution in [0.25, 0.3) is 0 Å². The number of nitrogens with one attached hydrogen (secondary N) is 1. The molecule has 0 unspecified atom stereocenters. The summed E-state index contributed by atoms with van der Waals surface area (Å²) in [5.74, 6) is 5.06. The second-order valence-electron chi connectivity index (χ2n) is 8.14. The molecule has 2 aromatic carbocycles. The summed E-state index contributed by atoms with van der Waals surface area (Å²) in [7, 11) is 0. The summed E-state index contributed by atoms with van der Waals surface area (Å²) in [4.78, 5) is 21.2. The summed E-state index contributed by atoms with van der Waals surface area (Å²) in [6, 6.07) is 16.1. The third-order valence-electron chi connectivity index (χ3n) is 3.41. The van der Waals surface area contributed by atoms with Crippen LogP contribution in [-0.4, -0.2) is 16.0 Å². The average Bonchev–Trinajstić information content (AvgIpc) is 2.62. The van der Waals surface area contributed by atoms with E-state index >= 15 is 0 Å². The van der Waals surface area contributed by atoms with Crippen LogP contribution >= 0.6 is 35.6 Å². The summed E-state index contributed by atoms with van der Waals surface area (Å²) in [5, 5.41) is -0.809. The molecule has 2 rings (SSSR count). The molecule has 0 amide bonds. The summed E-state index contributed by atoms with van der Waals surface area (Å²) in [6.07, 6.45) is 0. The minimum atomic E-state index is -0.407. The van der Waals surface area contributed by atoms with Crippen LogP contribution in [0.5, 0.6) is 0 Å². The van der Waals surface area contributed by atoms with E-state index in [-0.39, 0.29) is 23.4 Å². The zero-order valence-electron chi connectivity index (χ0n) is 17.8. The molecule has 0 saturated heterocycles. The van der Waals surface area contributed by atoms with Crippen LogP contribution in [0.15, 0.2) is 54.6 Å². The first-order valence-corrected chi connectivity index (χ1v) is 9.56. The van der Waals surface area contributed by atoms with Crippen LogP contribution in [0.4, 0.5) is 0 Å². The molecule has 0 bridgehead atoms. The molecule has 0 spiro atoms. The van der Waals surface area contributed by atoms with E-state index in [1.165, 1.54) is 5.56 Å². The predicted molar refractivity (Wildman–Crippen MR) is 126 cm³/mol. The number of hydrogen-bond acceptors (Lipinski definition) is 4. The van der Waals surface area contributed by atoms with Gasteiger partial charge in [-0.2, -0.15) is 0 Å². The zero-order valence-corrected chi connectivity index (χ0v) is 20.1. The van der Waals surface area contributed by atoms with E-state index < -0.39 is 10.5 Å². The third-order valence-corrected chi connectivity index (χ3v) is 3.85. The molecule has 3 N–H and O–H groups in total. The first-order valence-electron chi connectivity index (χ1n) is 8.81. The van der Waals surface area contributed by atoms with Gasteiger partial charge in [0.25, 0.3) is 10.5 Å². The van der Waals surface area contributed by atoms with Crippen molar-refractivity contribution in [2.75, 3.05) is 0 Å². The fourth-order valence-electron chi connectivity index (χ4n) is 1.67. The lowest BCUT2D eigenvalue weighted by Crippen LogP contribution is -2.41. The quantitative estimate of drug-likeness (QED) is 0.322. The third kappa shape index (κ3) is 14.2. The predicted octanol–water partition coefficient (Wildman–Crippen LogP) is 6.10. The molecule has 2 aromatic rings. The van der Waals surface area contributed by atoms with E-state index in [4.69, 9.17) is 29.0 Å². The largest absolute Gasteiger partial charge is 0.276 e. The highest BCUT2D eigenvalue weighted by atomic mass is 35.5. The van der Waals surface area contributed by atoms with Gasteiger partial charge < -0.3 is 0 Å². The molecule has 7 heteroatoms. The number of carbonyl (C=O) groups is 2. The van der Waals surface area contributed by atoms with Gasteiger partial charge in [-0.15, -0.1) is 12.4 Å². The molecular weight excluding hydrogens is 431 g/mol. The topological polar surface area (TPSA) is 72.2 Å². The maximum atomic E-state index is 10.8. The molecule has 0 aliphatic carbocycles. The van der Waals surface area contributed by atoms with Crippen molar-refractivity contribution in [3.05, 3.63) is 71.3 Å². The van der Waals surface area contributed by atoms with Crippen LogP contribution in [0.2, 0.25) is 0 Å². The van der Waals surface area contributed by atoms with Gasteiger partial charge in [0.05, 0.1) is 0 Å². The van der Waals surface area contributed by atoms with Crippen molar-refractivity contribution in [2.45, 2.75) is 52.5 Å². The van der Waals surface area contributed by atoms with Gasteiger partial charge in [-0.25, -0.2) is 0 Å². The lowest BCUT2D eigenvalue weighted by Gasteiger charge is -2.18. The second kappa shape index (κ2) is 13.7. The average molecular weight is 462 g/mol. The van der Waals surface area contributed by atoms with Gasteiger partial charge in [0.15, 0.2) is 0 Å². The number of carbonyl (C=O) groups excluding carboxylic acids is 2. The number of hydrazine groups is 1. The molecule has 0 aliphatic heterocycles. The van der Waals surface area contributed by atoms with Crippen molar-refractivity contribution in [3.63, 3.8) is 0 Å². The van der Waals surface area contributed by atoms with E-state index in [2.05, 4.69) is 26.2 Å². The Hall–Kier alpha value is -1.43. The van der Waals surface area contributed by atoms with Gasteiger partial charge in [0.1, 0.15) is 0 Å². The highest BCUT2D eigenvalue weighted by Gasteiger charge is 2.13. The zero-order chi connectivity index (χ0) is 22.0. The van der Waals surface area contributed by atoms with E-state index in [1.807, 2.05) is 39.0 Å². The highest BCUT2D eigenvalue weighted by molar-refractivity contribution is 6.68. The molecule has 4 nitrogen and oxygen atoms in total. The van der Waals surface area contributed by atoms with Crippen LogP contribution in [0.3, 0.4) is 0 Å². The maximum absolute atomic E-state index is 10.8. The molecular formula is C22H31Cl3N2O2. The van der Waals surface area contributed by atoms with Crippen LogP contribution in [0, 0.1) is 0 Å². The Balaban J connectivity index is 0. The van der Waals surface area contributed by atoms with Crippen molar-refractivity contribution in [1.82, 2.24) is 5.43 Å². The van der Waals surface area contributed by atoms with Gasteiger partial charge in [0.2, 0.25) is 0 Å².